The van der Waals surface area contributed by atoms with Gasteiger partial charge in [-0.05, 0) is 30.0 Å². The Kier molecular flexibility index (Phi) is 7.30. The normalized spacial score (nSPS) is 14.6. The number of hydrogen-bond donors (Lipinski definition) is 1. The molecule has 1 amide bonds. The summed E-state index contributed by atoms with van der Waals surface area (Å²) in [6.07, 6.45) is 0. The van der Waals surface area contributed by atoms with Gasteiger partial charge in [-0.15, -0.1) is 0 Å². The van der Waals surface area contributed by atoms with Gasteiger partial charge in [0.25, 0.3) is 0 Å². The van der Waals surface area contributed by atoms with Gasteiger partial charge in [0.05, 0.1) is 16.6 Å². The highest BCUT2D eigenvalue weighted by molar-refractivity contribution is 7.84. The Morgan fingerprint density at radius 1 is 0.964 bits per heavy atom. The number of amides is 1. The van der Waals surface area contributed by atoms with Crippen molar-refractivity contribution in [3.8, 4) is 0 Å². The predicted molar refractivity (Wildman–Crippen MR) is 117 cm³/mol. The van der Waals surface area contributed by atoms with Crippen LogP contribution < -0.4 is 5.32 Å². The van der Waals surface area contributed by atoms with E-state index < -0.39 is 16.4 Å². The van der Waals surface area contributed by atoms with Crippen LogP contribution in [-0.4, -0.2) is 15.8 Å². The fraction of sp³-hybridized carbons (Fsp3) is 0.391. The summed E-state index contributed by atoms with van der Waals surface area (Å²) in [5.74, 6) is 0.0905. The van der Waals surface area contributed by atoms with Crippen LogP contribution in [0.3, 0.4) is 0 Å². The highest BCUT2D eigenvalue weighted by atomic mass is 32.2. The molecule has 0 saturated heterocycles. The molecule has 0 radical (unpaired) electrons. The largest absolute Gasteiger partial charge is 0.349 e. The summed E-state index contributed by atoms with van der Waals surface area (Å²) in [5, 5.41) is 3.02. The third-order valence-electron chi connectivity index (χ3n) is 4.40. The summed E-state index contributed by atoms with van der Waals surface area (Å²) in [6, 6.07) is 17.0. The first kappa shape index (κ1) is 22.0. The zero-order valence-electron chi connectivity index (χ0n) is 17.5. The first-order valence-corrected chi connectivity index (χ1v) is 10.7. The second-order valence-electron chi connectivity index (χ2n) is 8.23. The summed E-state index contributed by atoms with van der Waals surface area (Å²) in [5.41, 5.74) is 2.11. The van der Waals surface area contributed by atoms with Crippen molar-refractivity contribution in [3.63, 3.8) is 0 Å². The standard InChI is InChI=1S/C23H30N2O2S/c1-16(2)21(18-12-8-7-9-13-18)25-28(27)20-15-11-10-14-19(20)17(3)24-22(26)23(4,5)6/h7-17H,1-6H3,(H,24,26)/b25-21+/t17-,28?/m1/s1. The van der Waals surface area contributed by atoms with E-state index in [1.807, 2.05) is 96.1 Å². The van der Waals surface area contributed by atoms with Gasteiger partial charge < -0.3 is 5.32 Å². The van der Waals surface area contributed by atoms with Crippen LogP contribution in [0.5, 0.6) is 0 Å². The van der Waals surface area contributed by atoms with Crippen molar-refractivity contribution in [1.82, 2.24) is 5.32 Å². The van der Waals surface area contributed by atoms with Crippen LogP contribution in [0.25, 0.3) is 0 Å². The molecule has 4 nitrogen and oxygen atoms in total. The predicted octanol–water partition coefficient (Wildman–Crippen LogP) is 5.08. The molecule has 0 spiro atoms. The maximum atomic E-state index is 13.2. The smallest absolute Gasteiger partial charge is 0.225 e. The lowest BCUT2D eigenvalue weighted by Gasteiger charge is -2.23. The fourth-order valence-electron chi connectivity index (χ4n) is 2.73. The molecule has 5 heteroatoms. The van der Waals surface area contributed by atoms with Crippen molar-refractivity contribution < 1.29 is 9.00 Å². The molecule has 1 N–H and O–H groups in total. The molecule has 1 unspecified atom stereocenters. The van der Waals surface area contributed by atoms with E-state index in [9.17, 15) is 9.00 Å². The number of nitrogens with zero attached hydrogens (tertiary/aromatic N) is 1. The highest BCUT2D eigenvalue weighted by Crippen LogP contribution is 2.24. The first-order valence-electron chi connectivity index (χ1n) is 9.57. The van der Waals surface area contributed by atoms with Gasteiger partial charge in [-0.2, -0.15) is 4.40 Å². The molecule has 28 heavy (non-hydrogen) atoms. The molecule has 0 aliphatic carbocycles. The maximum Gasteiger partial charge on any atom is 0.225 e. The molecule has 2 aromatic carbocycles. The SMILES string of the molecule is CC(C)/C(=N\S(=O)c1ccccc1[C@@H](C)NC(=O)C(C)(C)C)c1ccccc1. The fourth-order valence-corrected chi connectivity index (χ4v) is 3.96. The van der Waals surface area contributed by atoms with Crippen LogP contribution in [0.1, 0.15) is 58.7 Å². The summed E-state index contributed by atoms with van der Waals surface area (Å²) in [6.45, 7) is 11.6. The monoisotopic (exact) mass is 398 g/mol. The molecule has 0 heterocycles. The second-order valence-corrected chi connectivity index (χ2v) is 9.35. The van der Waals surface area contributed by atoms with Gasteiger partial charge in [-0.25, -0.2) is 4.21 Å². The summed E-state index contributed by atoms with van der Waals surface area (Å²) in [7, 11) is -1.57. The van der Waals surface area contributed by atoms with Crippen LogP contribution in [0, 0.1) is 11.3 Å². The Bertz CT molecular complexity index is 868. The van der Waals surface area contributed by atoms with Gasteiger partial charge in [0, 0.05) is 5.41 Å². The molecule has 2 aromatic rings. The minimum atomic E-state index is -1.57. The lowest BCUT2D eigenvalue weighted by atomic mass is 9.94. The number of rotatable bonds is 6. The van der Waals surface area contributed by atoms with Gasteiger partial charge in [0.1, 0.15) is 0 Å². The van der Waals surface area contributed by atoms with E-state index in [1.54, 1.807) is 0 Å². The maximum absolute atomic E-state index is 13.2. The third-order valence-corrected chi connectivity index (χ3v) is 5.51. The zero-order valence-corrected chi connectivity index (χ0v) is 18.3. The Hall–Kier alpha value is -2.27. The Morgan fingerprint density at radius 2 is 1.54 bits per heavy atom. The van der Waals surface area contributed by atoms with Crippen LogP contribution in [0.2, 0.25) is 0 Å². The first-order chi connectivity index (χ1) is 13.1. The van der Waals surface area contributed by atoms with Crippen LogP contribution in [-0.2, 0) is 15.8 Å². The molecule has 0 aromatic heterocycles. The average molecular weight is 399 g/mol. The Labute approximate surface area is 171 Å². The van der Waals surface area contributed by atoms with Crippen LogP contribution in [0.15, 0.2) is 63.9 Å². The van der Waals surface area contributed by atoms with E-state index in [1.165, 1.54) is 0 Å². The van der Waals surface area contributed by atoms with Gasteiger partial charge in [0.15, 0.2) is 11.0 Å². The molecule has 0 fully saturated rings. The number of carbonyl (C=O) groups excluding carboxylic acids is 1. The van der Waals surface area contributed by atoms with Crippen molar-refractivity contribution >= 4 is 22.6 Å². The van der Waals surface area contributed by atoms with E-state index in [-0.39, 0.29) is 17.9 Å². The quantitative estimate of drug-likeness (QED) is 0.690. The lowest BCUT2D eigenvalue weighted by Crippen LogP contribution is -2.36. The number of benzene rings is 2. The molecular weight excluding hydrogens is 368 g/mol. The number of carbonyl (C=O) groups is 1. The van der Waals surface area contributed by atoms with Crippen molar-refractivity contribution in [2.75, 3.05) is 0 Å². The van der Waals surface area contributed by atoms with Gasteiger partial charge in [-0.1, -0.05) is 83.1 Å². The lowest BCUT2D eigenvalue weighted by molar-refractivity contribution is -0.129. The van der Waals surface area contributed by atoms with E-state index in [2.05, 4.69) is 9.71 Å². The number of hydrogen-bond acceptors (Lipinski definition) is 2. The van der Waals surface area contributed by atoms with E-state index in [0.29, 0.717) is 4.90 Å². The summed E-state index contributed by atoms with van der Waals surface area (Å²) in [4.78, 5) is 13.0. The van der Waals surface area contributed by atoms with Crippen LogP contribution in [0.4, 0.5) is 0 Å². The van der Waals surface area contributed by atoms with E-state index in [4.69, 9.17) is 0 Å². The van der Waals surface area contributed by atoms with Crippen molar-refractivity contribution in [3.05, 3.63) is 65.7 Å². The van der Waals surface area contributed by atoms with Crippen LogP contribution >= 0.6 is 0 Å². The minimum absolute atomic E-state index is 0.0451. The third kappa shape index (κ3) is 5.61. The average Bonchev–Trinajstić information content (AvgIpc) is 2.65. The zero-order chi connectivity index (χ0) is 20.9. The summed E-state index contributed by atoms with van der Waals surface area (Å²) < 4.78 is 17.7. The molecular formula is C23H30N2O2S. The van der Waals surface area contributed by atoms with Crippen molar-refractivity contribution in [1.29, 1.82) is 0 Å². The highest BCUT2D eigenvalue weighted by Gasteiger charge is 2.24. The molecule has 0 saturated carbocycles. The molecule has 0 aliphatic heterocycles. The number of nitrogens with one attached hydrogen (secondary N) is 1. The molecule has 2 atom stereocenters. The molecule has 150 valence electrons. The van der Waals surface area contributed by atoms with Gasteiger partial charge in [0.2, 0.25) is 5.91 Å². The Morgan fingerprint density at radius 3 is 2.11 bits per heavy atom. The van der Waals surface area contributed by atoms with Crippen molar-refractivity contribution in [2.24, 2.45) is 15.7 Å². The van der Waals surface area contributed by atoms with Gasteiger partial charge >= 0.3 is 0 Å². The van der Waals surface area contributed by atoms with Crippen molar-refractivity contribution in [2.45, 2.75) is 52.5 Å². The molecule has 0 aliphatic rings. The summed E-state index contributed by atoms with van der Waals surface area (Å²) >= 11 is 0. The Balaban J connectivity index is 2.37. The van der Waals surface area contributed by atoms with E-state index in [0.717, 1.165) is 16.8 Å². The minimum Gasteiger partial charge on any atom is -0.349 e. The molecule has 2 rings (SSSR count). The second kappa shape index (κ2) is 9.28. The topological polar surface area (TPSA) is 58.5 Å². The molecule has 0 bridgehead atoms. The van der Waals surface area contributed by atoms with E-state index >= 15 is 0 Å². The van der Waals surface area contributed by atoms with Gasteiger partial charge in [-0.3, -0.25) is 4.79 Å².